The largest absolute Gasteiger partial charge is 0.389 e. The fourth-order valence-corrected chi connectivity index (χ4v) is 3.06. The van der Waals surface area contributed by atoms with Crippen LogP contribution in [0.5, 0.6) is 0 Å². The quantitative estimate of drug-likeness (QED) is 0.852. The highest BCUT2D eigenvalue weighted by atomic mass is 32.1. The number of thiophene rings is 1. The number of rotatable bonds is 3. The van der Waals surface area contributed by atoms with Gasteiger partial charge in [-0.2, -0.15) is 11.3 Å². The highest BCUT2D eigenvalue weighted by molar-refractivity contribution is 7.07. The van der Waals surface area contributed by atoms with Crippen molar-refractivity contribution in [1.82, 2.24) is 4.90 Å². The summed E-state index contributed by atoms with van der Waals surface area (Å²) >= 11 is 1.73. The van der Waals surface area contributed by atoms with Gasteiger partial charge in [-0.3, -0.25) is 0 Å². The standard InChI is InChI=1S/C12H19NOS/c1-13-7-2-5-12(14,10-13)6-3-11-4-8-15-9-11/h4,8-9,14H,2-3,5-7,10H2,1H3. The molecule has 2 nitrogen and oxygen atoms in total. The summed E-state index contributed by atoms with van der Waals surface area (Å²) in [7, 11) is 2.09. The number of aryl methyl sites for hydroxylation is 1. The SMILES string of the molecule is CN1CCCC(O)(CCc2ccsc2)C1. The predicted octanol–water partition coefficient (Wildman–Crippen LogP) is 2.14. The molecule has 1 atom stereocenters. The Hall–Kier alpha value is -0.380. The average molecular weight is 225 g/mol. The van der Waals surface area contributed by atoms with Crippen molar-refractivity contribution in [2.45, 2.75) is 31.3 Å². The first-order chi connectivity index (χ1) is 7.18. The summed E-state index contributed by atoms with van der Waals surface area (Å²) in [6, 6.07) is 2.15. The minimum absolute atomic E-state index is 0.449. The lowest BCUT2D eigenvalue weighted by Gasteiger charge is -2.37. The van der Waals surface area contributed by atoms with E-state index < -0.39 is 5.60 Å². The molecule has 1 unspecified atom stereocenters. The maximum absolute atomic E-state index is 10.4. The number of likely N-dealkylation sites (tertiary alicyclic amines) is 1. The van der Waals surface area contributed by atoms with E-state index in [9.17, 15) is 5.11 Å². The molecule has 0 amide bonds. The van der Waals surface area contributed by atoms with Crippen LogP contribution >= 0.6 is 11.3 Å². The van der Waals surface area contributed by atoms with Gasteiger partial charge in [-0.25, -0.2) is 0 Å². The Morgan fingerprint density at radius 1 is 1.60 bits per heavy atom. The summed E-state index contributed by atoms with van der Waals surface area (Å²) < 4.78 is 0. The van der Waals surface area contributed by atoms with Crippen molar-refractivity contribution >= 4 is 11.3 Å². The molecule has 84 valence electrons. The van der Waals surface area contributed by atoms with Crippen molar-refractivity contribution in [3.63, 3.8) is 0 Å². The lowest BCUT2D eigenvalue weighted by molar-refractivity contribution is -0.0290. The van der Waals surface area contributed by atoms with Crippen LogP contribution in [0, 0.1) is 0 Å². The Balaban J connectivity index is 1.87. The van der Waals surface area contributed by atoms with Gasteiger partial charge < -0.3 is 10.0 Å². The smallest absolute Gasteiger partial charge is 0.0777 e. The van der Waals surface area contributed by atoms with E-state index in [0.29, 0.717) is 0 Å². The molecule has 0 aliphatic carbocycles. The number of β-amino-alcohol motifs (C(OH)–C–C–N with tert-alkyl or cyclic N) is 1. The lowest BCUT2D eigenvalue weighted by Crippen LogP contribution is -2.46. The molecule has 15 heavy (non-hydrogen) atoms. The second-order valence-corrected chi connectivity index (χ2v) is 5.48. The molecule has 0 saturated carbocycles. The Morgan fingerprint density at radius 2 is 2.47 bits per heavy atom. The minimum Gasteiger partial charge on any atom is -0.389 e. The summed E-state index contributed by atoms with van der Waals surface area (Å²) in [6.45, 7) is 1.96. The van der Waals surface area contributed by atoms with E-state index >= 15 is 0 Å². The van der Waals surface area contributed by atoms with E-state index in [1.54, 1.807) is 11.3 Å². The van der Waals surface area contributed by atoms with Gasteiger partial charge in [0.05, 0.1) is 5.60 Å². The van der Waals surface area contributed by atoms with Gasteiger partial charge in [0.1, 0.15) is 0 Å². The second kappa shape index (κ2) is 4.64. The topological polar surface area (TPSA) is 23.5 Å². The normalized spacial score (nSPS) is 28.1. The van der Waals surface area contributed by atoms with Crippen LogP contribution in [0.3, 0.4) is 0 Å². The van der Waals surface area contributed by atoms with Crippen LogP contribution in [0.2, 0.25) is 0 Å². The van der Waals surface area contributed by atoms with Crippen molar-refractivity contribution in [1.29, 1.82) is 0 Å². The van der Waals surface area contributed by atoms with Crippen molar-refractivity contribution in [3.05, 3.63) is 22.4 Å². The third-order valence-electron chi connectivity index (χ3n) is 3.21. The molecule has 0 spiro atoms. The first-order valence-electron chi connectivity index (χ1n) is 5.60. The van der Waals surface area contributed by atoms with E-state index in [1.165, 1.54) is 5.56 Å². The van der Waals surface area contributed by atoms with E-state index in [-0.39, 0.29) is 0 Å². The highest BCUT2D eigenvalue weighted by Gasteiger charge is 2.31. The molecule has 1 N–H and O–H groups in total. The van der Waals surface area contributed by atoms with Crippen LogP contribution in [0.1, 0.15) is 24.8 Å². The second-order valence-electron chi connectivity index (χ2n) is 4.70. The zero-order valence-electron chi connectivity index (χ0n) is 9.28. The summed E-state index contributed by atoms with van der Waals surface area (Å²) in [5.41, 5.74) is 0.913. The number of aliphatic hydroxyl groups is 1. The van der Waals surface area contributed by atoms with Crippen LogP contribution in [0.25, 0.3) is 0 Å². The third-order valence-corrected chi connectivity index (χ3v) is 3.94. The van der Waals surface area contributed by atoms with Gasteiger partial charge >= 0.3 is 0 Å². The number of likely N-dealkylation sites (N-methyl/N-ethyl adjacent to an activating group) is 1. The molecule has 1 fully saturated rings. The van der Waals surface area contributed by atoms with Crippen LogP contribution < -0.4 is 0 Å². The summed E-state index contributed by atoms with van der Waals surface area (Å²) in [4.78, 5) is 2.23. The Kier molecular flexibility index (Phi) is 3.44. The van der Waals surface area contributed by atoms with E-state index in [2.05, 4.69) is 28.8 Å². The molecule has 0 bridgehead atoms. The molecule has 1 aliphatic heterocycles. The molecule has 2 heterocycles. The Morgan fingerprint density at radius 3 is 3.13 bits per heavy atom. The lowest BCUT2D eigenvalue weighted by atomic mass is 9.87. The number of hydrogen-bond donors (Lipinski definition) is 1. The van der Waals surface area contributed by atoms with Crippen molar-refractivity contribution in [2.24, 2.45) is 0 Å². The van der Waals surface area contributed by atoms with Gasteiger partial charge in [-0.15, -0.1) is 0 Å². The molecule has 3 heteroatoms. The van der Waals surface area contributed by atoms with Gasteiger partial charge in [-0.1, -0.05) is 0 Å². The van der Waals surface area contributed by atoms with E-state index in [4.69, 9.17) is 0 Å². The maximum atomic E-state index is 10.4. The molecule has 1 aromatic rings. The van der Waals surface area contributed by atoms with E-state index in [0.717, 1.165) is 38.8 Å². The summed E-state index contributed by atoms with van der Waals surface area (Å²) in [5.74, 6) is 0. The van der Waals surface area contributed by atoms with Crippen LogP contribution in [0.4, 0.5) is 0 Å². The fraction of sp³-hybridized carbons (Fsp3) is 0.667. The zero-order valence-corrected chi connectivity index (χ0v) is 10.1. The molecule has 1 aliphatic rings. The molecule has 1 aromatic heterocycles. The molecule has 0 aromatic carbocycles. The summed E-state index contributed by atoms with van der Waals surface area (Å²) in [5, 5.41) is 14.7. The monoisotopic (exact) mass is 225 g/mol. The predicted molar refractivity (Wildman–Crippen MR) is 64.3 cm³/mol. The molecule has 2 rings (SSSR count). The van der Waals surface area contributed by atoms with Crippen LogP contribution in [0.15, 0.2) is 16.8 Å². The Labute approximate surface area is 95.5 Å². The minimum atomic E-state index is -0.449. The van der Waals surface area contributed by atoms with Gasteiger partial charge in [0.15, 0.2) is 0 Å². The Bertz CT molecular complexity index is 299. The first kappa shape index (κ1) is 11.1. The van der Waals surface area contributed by atoms with Crippen molar-refractivity contribution < 1.29 is 5.11 Å². The highest BCUT2D eigenvalue weighted by Crippen LogP contribution is 2.25. The van der Waals surface area contributed by atoms with Gasteiger partial charge in [0.25, 0.3) is 0 Å². The molecular weight excluding hydrogens is 206 g/mol. The van der Waals surface area contributed by atoms with Gasteiger partial charge in [0.2, 0.25) is 0 Å². The van der Waals surface area contributed by atoms with Crippen LogP contribution in [-0.2, 0) is 6.42 Å². The van der Waals surface area contributed by atoms with Crippen molar-refractivity contribution in [3.8, 4) is 0 Å². The zero-order chi connectivity index (χ0) is 10.7. The third kappa shape index (κ3) is 3.03. The van der Waals surface area contributed by atoms with Gasteiger partial charge in [-0.05, 0) is 61.7 Å². The van der Waals surface area contributed by atoms with Gasteiger partial charge in [0, 0.05) is 6.54 Å². The summed E-state index contributed by atoms with van der Waals surface area (Å²) in [6.07, 6.45) is 3.99. The molecule has 0 radical (unpaired) electrons. The first-order valence-corrected chi connectivity index (χ1v) is 6.54. The number of nitrogens with zero attached hydrogens (tertiary/aromatic N) is 1. The maximum Gasteiger partial charge on any atom is 0.0777 e. The molecule has 1 saturated heterocycles. The average Bonchev–Trinajstić information content (AvgIpc) is 2.67. The van der Waals surface area contributed by atoms with Crippen LogP contribution in [-0.4, -0.2) is 35.7 Å². The number of piperidine rings is 1. The molecular formula is C12H19NOS. The van der Waals surface area contributed by atoms with Crippen molar-refractivity contribution in [2.75, 3.05) is 20.1 Å². The number of hydrogen-bond acceptors (Lipinski definition) is 3. The fourth-order valence-electron chi connectivity index (χ4n) is 2.35. The van der Waals surface area contributed by atoms with E-state index in [1.807, 2.05) is 0 Å².